The molecule has 1 aromatic rings. The lowest BCUT2D eigenvalue weighted by molar-refractivity contribution is -0.168. The third-order valence-electron chi connectivity index (χ3n) is 6.34. The molecule has 2 fully saturated rings. The molecule has 1 heterocycles. The van der Waals surface area contributed by atoms with E-state index in [1.165, 1.54) is 12.1 Å². The fourth-order valence-electron chi connectivity index (χ4n) is 4.82. The van der Waals surface area contributed by atoms with Gasteiger partial charge < -0.3 is 20.5 Å². The SMILES string of the molecule is CC1=CCC[C@H]1NC(=O)Nc1ccc(Cl)c(S(=O)(=O)C2(C)CC3(COC3)C2)c1O. The van der Waals surface area contributed by atoms with Gasteiger partial charge in [-0.3, -0.25) is 0 Å². The molecule has 3 aliphatic rings. The molecule has 0 unspecified atom stereocenters. The quantitative estimate of drug-likeness (QED) is 0.490. The van der Waals surface area contributed by atoms with Gasteiger partial charge in [0.15, 0.2) is 15.6 Å². The molecular weight excluding hydrogens is 416 g/mol. The van der Waals surface area contributed by atoms with E-state index in [-0.39, 0.29) is 27.1 Å². The van der Waals surface area contributed by atoms with Crippen LogP contribution in [0.25, 0.3) is 0 Å². The van der Waals surface area contributed by atoms with Crippen molar-refractivity contribution < 1.29 is 23.1 Å². The summed E-state index contributed by atoms with van der Waals surface area (Å²) in [5.74, 6) is -0.529. The maximum absolute atomic E-state index is 13.3. The lowest BCUT2D eigenvalue weighted by Crippen LogP contribution is -2.62. The minimum Gasteiger partial charge on any atom is -0.504 e. The van der Waals surface area contributed by atoms with Gasteiger partial charge in [-0.15, -0.1) is 0 Å². The number of sulfone groups is 1. The van der Waals surface area contributed by atoms with Crippen LogP contribution in [-0.4, -0.2) is 43.6 Å². The van der Waals surface area contributed by atoms with Crippen molar-refractivity contribution >= 4 is 33.2 Å². The van der Waals surface area contributed by atoms with Gasteiger partial charge in [-0.2, -0.15) is 0 Å². The molecule has 0 aromatic heterocycles. The predicted octanol–water partition coefficient (Wildman–Crippen LogP) is 3.62. The predicted molar refractivity (Wildman–Crippen MR) is 110 cm³/mol. The first-order chi connectivity index (χ1) is 13.6. The highest BCUT2D eigenvalue weighted by Gasteiger charge is 2.62. The van der Waals surface area contributed by atoms with E-state index in [0.717, 1.165) is 18.4 Å². The van der Waals surface area contributed by atoms with Gasteiger partial charge in [0.05, 0.1) is 34.7 Å². The molecule has 0 bridgehead atoms. The Morgan fingerprint density at radius 2 is 2.00 bits per heavy atom. The number of amides is 2. The van der Waals surface area contributed by atoms with Gasteiger partial charge in [0.1, 0.15) is 4.90 Å². The molecule has 9 heteroatoms. The molecule has 0 radical (unpaired) electrons. The first-order valence-electron chi connectivity index (χ1n) is 9.65. The van der Waals surface area contributed by atoms with Crippen molar-refractivity contribution in [3.05, 3.63) is 28.8 Å². The first-order valence-corrected chi connectivity index (χ1v) is 11.5. The Morgan fingerprint density at radius 3 is 2.55 bits per heavy atom. The molecule has 7 nitrogen and oxygen atoms in total. The van der Waals surface area contributed by atoms with E-state index >= 15 is 0 Å². The number of phenols is 1. The summed E-state index contributed by atoms with van der Waals surface area (Å²) in [6.45, 7) is 4.74. The Hall–Kier alpha value is -1.77. The fraction of sp³-hybridized carbons (Fsp3) is 0.550. The Morgan fingerprint density at radius 1 is 1.31 bits per heavy atom. The zero-order valence-electron chi connectivity index (χ0n) is 16.4. The topological polar surface area (TPSA) is 105 Å². The van der Waals surface area contributed by atoms with Crippen LogP contribution in [-0.2, 0) is 14.6 Å². The lowest BCUT2D eigenvalue weighted by Gasteiger charge is -2.58. The number of hydrogen-bond donors (Lipinski definition) is 3. The number of phenolic OH excluding ortho intramolecular Hbond substituents is 1. The standard InChI is InChI=1S/C20H25ClN2O5S/c1-12-4-3-5-14(12)22-18(25)23-15-7-6-13(21)17(16(15)24)29(26,27)19(2)8-20(9-19)10-28-11-20/h4,6-7,14,24H,3,5,8-11H2,1-2H3,(H2,22,23,25)/t14-/m1/s1. The van der Waals surface area contributed by atoms with Crippen LogP contribution in [0, 0.1) is 5.41 Å². The highest BCUT2D eigenvalue weighted by Crippen LogP contribution is 2.59. The number of carbonyl (C=O) groups excluding carboxylic acids is 1. The molecule has 1 aromatic carbocycles. The van der Waals surface area contributed by atoms with E-state index in [1.807, 2.05) is 6.92 Å². The van der Waals surface area contributed by atoms with Crippen molar-refractivity contribution in [1.82, 2.24) is 5.32 Å². The minimum atomic E-state index is -3.92. The van der Waals surface area contributed by atoms with E-state index in [9.17, 15) is 18.3 Å². The van der Waals surface area contributed by atoms with Crippen molar-refractivity contribution in [3.8, 4) is 5.75 Å². The van der Waals surface area contributed by atoms with Gasteiger partial charge in [-0.05, 0) is 51.7 Å². The van der Waals surface area contributed by atoms with Crippen LogP contribution in [0.4, 0.5) is 10.5 Å². The van der Waals surface area contributed by atoms with Gasteiger partial charge in [0.25, 0.3) is 0 Å². The van der Waals surface area contributed by atoms with Crippen LogP contribution in [0.1, 0.15) is 39.5 Å². The molecule has 158 valence electrons. The second kappa shape index (κ2) is 6.89. The van der Waals surface area contributed by atoms with E-state index in [0.29, 0.717) is 26.1 Å². The van der Waals surface area contributed by atoms with Crippen molar-refractivity contribution in [1.29, 1.82) is 0 Å². The maximum atomic E-state index is 13.3. The molecule has 29 heavy (non-hydrogen) atoms. The number of halogens is 1. The molecule has 1 saturated carbocycles. The van der Waals surface area contributed by atoms with E-state index in [2.05, 4.69) is 16.7 Å². The van der Waals surface area contributed by atoms with Crippen LogP contribution in [0.15, 0.2) is 28.7 Å². The van der Waals surface area contributed by atoms with Crippen molar-refractivity contribution in [2.45, 2.75) is 55.2 Å². The van der Waals surface area contributed by atoms with Gasteiger partial charge in [-0.1, -0.05) is 23.3 Å². The molecule has 2 aliphatic carbocycles. The van der Waals surface area contributed by atoms with E-state index in [1.54, 1.807) is 6.92 Å². The number of allylic oxidation sites excluding steroid dienone is 1. The number of ether oxygens (including phenoxy) is 1. The van der Waals surface area contributed by atoms with E-state index < -0.39 is 26.4 Å². The number of benzene rings is 1. The van der Waals surface area contributed by atoms with Crippen LogP contribution < -0.4 is 10.6 Å². The third-order valence-corrected chi connectivity index (χ3v) is 9.30. The van der Waals surface area contributed by atoms with Gasteiger partial charge in [0.2, 0.25) is 0 Å². The van der Waals surface area contributed by atoms with Gasteiger partial charge in [-0.25, -0.2) is 13.2 Å². The van der Waals surface area contributed by atoms with Crippen LogP contribution in [0.5, 0.6) is 5.75 Å². The number of carbonyl (C=O) groups is 1. The lowest BCUT2D eigenvalue weighted by atomic mass is 9.61. The third kappa shape index (κ3) is 3.31. The zero-order chi connectivity index (χ0) is 21.0. The molecular formula is C20H25ClN2O5S. The Bertz CT molecular complexity index is 992. The second-order valence-electron chi connectivity index (χ2n) is 8.75. The molecule has 1 aliphatic heterocycles. The number of urea groups is 1. The normalized spacial score (nSPS) is 24.4. The summed E-state index contributed by atoms with van der Waals surface area (Å²) in [5.41, 5.74) is 1.01. The van der Waals surface area contributed by atoms with Crippen LogP contribution in [0.3, 0.4) is 0 Å². The highest BCUT2D eigenvalue weighted by molar-refractivity contribution is 7.93. The second-order valence-corrected chi connectivity index (χ2v) is 11.6. The largest absolute Gasteiger partial charge is 0.504 e. The summed E-state index contributed by atoms with van der Waals surface area (Å²) in [6.07, 6.45) is 4.70. The Labute approximate surface area is 175 Å². The number of aromatic hydroxyl groups is 1. The summed E-state index contributed by atoms with van der Waals surface area (Å²) in [6, 6.07) is 2.21. The Kier molecular flexibility index (Phi) is 4.87. The van der Waals surface area contributed by atoms with Crippen LogP contribution >= 0.6 is 11.6 Å². The average molecular weight is 441 g/mol. The monoisotopic (exact) mass is 440 g/mol. The number of hydrogen-bond acceptors (Lipinski definition) is 5. The first kappa shape index (κ1) is 20.5. The van der Waals surface area contributed by atoms with Gasteiger partial charge in [0, 0.05) is 5.41 Å². The molecule has 1 spiro atoms. The summed E-state index contributed by atoms with van der Waals surface area (Å²) in [4.78, 5) is 12.0. The molecule has 3 N–H and O–H groups in total. The number of rotatable bonds is 4. The summed E-state index contributed by atoms with van der Waals surface area (Å²) in [7, 11) is -3.92. The summed E-state index contributed by atoms with van der Waals surface area (Å²) >= 11 is 6.19. The van der Waals surface area contributed by atoms with E-state index in [4.69, 9.17) is 16.3 Å². The van der Waals surface area contributed by atoms with Crippen molar-refractivity contribution in [3.63, 3.8) is 0 Å². The summed E-state index contributed by atoms with van der Waals surface area (Å²) < 4.78 is 30.9. The minimum absolute atomic E-state index is 0.00900. The summed E-state index contributed by atoms with van der Waals surface area (Å²) in [5, 5.41) is 16.0. The number of anilines is 1. The Balaban J connectivity index is 1.57. The maximum Gasteiger partial charge on any atom is 0.319 e. The van der Waals surface area contributed by atoms with Crippen molar-refractivity contribution in [2.75, 3.05) is 18.5 Å². The van der Waals surface area contributed by atoms with Crippen LogP contribution in [0.2, 0.25) is 5.02 Å². The van der Waals surface area contributed by atoms with Gasteiger partial charge >= 0.3 is 6.03 Å². The highest BCUT2D eigenvalue weighted by atomic mass is 35.5. The molecule has 1 atom stereocenters. The molecule has 1 saturated heterocycles. The molecule has 2 amide bonds. The smallest absolute Gasteiger partial charge is 0.319 e. The fourth-order valence-corrected chi connectivity index (χ4v) is 7.45. The number of nitrogens with one attached hydrogen (secondary N) is 2. The molecule has 4 rings (SSSR count). The van der Waals surface area contributed by atoms with Crippen molar-refractivity contribution in [2.24, 2.45) is 5.41 Å². The zero-order valence-corrected chi connectivity index (χ0v) is 18.0. The average Bonchev–Trinajstić information content (AvgIpc) is 2.97.